The summed E-state index contributed by atoms with van der Waals surface area (Å²) in [6.45, 7) is 13.7. The third kappa shape index (κ3) is 13.5. The van der Waals surface area contributed by atoms with Crippen LogP contribution in [-0.2, 0) is 25.0 Å². The van der Waals surface area contributed by atoms with Crippen molar-refractivity contribution in [1.29, 1.82) is 0 Å². The zero-order chi connectivity index (χ0) is 31.6. The average Bonchev–Trinajstić information content (AvgIpc) is 3.03. The third-order valence-electron chi connectivity index (χ3n) is 8.55. The first kappa shape index (κ1) is 38.8. The molecular weight excluding hydrogens is 667 g/mol. The van der Waals surface area contributed by atoms with Crippen LogP contribution in [-0.4, -0.2) is 17.4 Å². The molecule has 1 amide bonds. The van der Waals surface area contributed by atoms with Crippen molar-refractivity contribution in [3.8, 4) is 5.75 Å². The van der Waals surface area contributed by atoms with E-state index in [0.717, 1.165) is 30.0 Å². The van der Waals surface area contributed by atoms with Gasteiger partial charge < -0.3 is 33.6 Å². The largest absolute Gasteiger partial charge is 1.00 e. The van der Waals surface area contributed by atoms with Crippen LogP contribution in [0.4, 0.5) is 0 Å². The van der Waals surface area contributed by atoms with Gasteiger partial charge in [-0.25, -0.2) is 4.57 Å². The fourth-order valence-electron chi connectivity index (χ4n) is 5.92. The van der Waals surface area contributed by atoms with Gasteiger partial charge in [-0.1, -0.05) is 141 Å². The Balaban J connectivity index is 0.00000705. The van der Waals surface area contributed by atoms with E-state index in [-0.39, 0.29) is 35.3 Å². The first-order valence-corrected chi connectivity index (χ1v) is 17.4. The number of hydrogen-bond acceptors (Lipinski definition) is 2. The van der Waals surface area contributed by atoms with Crippen LogP contribution in [0.1, 0.15) is 139 Å². The summed E-state index contributed by atoms with van der Waals surface area (Å²) >= 11 is 0. The van der Waals surface area contributed by atoms with Gasteiger partial charge in [0.05, 0.1) is 13.2 Å². The van der Waals surface area contributed by atoms with Crippen LogP contribution in [0.2, 0.25) is 0 Å². The Morgan fingerprint density at radius 1 is 0.711 bits per heavy atom. The molecule has 0 N–H and O–H groups in total. The van der Waals surface area contributed by atoms with Crippen LogP contribution in [0.3, 0.4) is 0 Å². The van der Waals surface area contributed by atoms with Crippen LogP contribution in [0.15, 0.2) is 72.9 Å². The lowest BCUT2D eigenvalue weighted by Crippen LogP contribution is -3.00. The van der Waals surface area contributed by atoms with Crippen LogP contribution in [0.5, 0.6) is 5.75 Å². The van der Waals surface area contributed by atoms with Crippen molar-refractivity contribution in [3.05, 3.63) is 95.3 Å². The maximum Gasteiger partial charge on any atom is 0.254 e. The lowest BCUT2D eigenvalue weighted by atomic mass is 9.85. The minimum atomic E-state index is -0.0686. The predicted octanol–water partition coefficient (Wildman–Crippen LogP) is 7.22. The van der Waals surface area contributed by atoms with E-state index in [0.29, 0.717) is 25.3 Å². The van der Waals surface area contributed by atoms with Gasteiger partial charge in [0.2, 0.25) is 5.69 Å². The molecule has 3 aromatic rings. The molecule has 0 aliphatic rings. The molecule has 45 heavy (non-hydrogen) atoms. The number of halogens is 1. The average molecular weight is 727 g/mol. The monoisotopic (exact) mass is 726 g/mol. The second-order valence-corrected chi connectivity index (χ2v) is 13.3. The van der Waals surface area contributed by atoms with Crippen molar-refractivity contribution in [3.63, 3.8) is 0 Å². The van der Waals surface area contributed by atoms with Crippen molar-refractivity contribution in [2.24, 2.45) is 0 Å². The van der Waals surface area contributed by atoms with Gasteiger partial charge in [-0.05, 0) is 36.5 Å². The molecule has 0 bridgehead atoms. The topological polar surface area (TPSA) is 33.4 Å². The highest BCUT2D eigenvalue weighted by Crippen LogP contribution is 2.35. The number of aromatic nitrogens is 1. The number of hydrogen-bond donors (Lipinski definition) is 0. The molecule has 0 unspecified atom stereocenters. The minimum Gasteiger partial charge on any atom is -1.00 e. The minimum absolute atomic E-state index is 0. The molecule has 0 radical (unpaired) electrons. The van der Waals surface area contributed by atoms with Gasteiger partial charge in [0.1, 0.15) is 18.8 Å². The molecule has 5 heteroatoms. The normalized spacial score (nSPS) is 11.2. The maximum atomic E-state index is 13.9. The van der Waals surface area contributed by atoms with Crippen LogP contribution >= 0.6 is 0 Å². The lowest BCUT2D eigenvalue weighted by molar-refractivity contribution is -0.701. The molecule has 2 aromatic carbocycles. The second kappa shape index (κ2) is 21.4. The number of aryl methyl sites for hydroxylation is 1. The lowest BCUT2D eigenvalue weighted by Gasteiger charge is -2.28. The van der Waals surface area contributed by atoms with E-state index >= 15 is 0 Å². The highest BCUT2D eigenvalue weighted by molar-refractivity contribution is 5.94. The highest BCUT2D eigenvalue weighted by atomic mass is 127. The molecule has 0 aliphatic heterocycles. The van der Waals surface area contributed by atoms with Crippen molar-refractivity contribution in [2.45, 2.75) is 137 Å². The molecule has 0 atom stereocenters. The first-order valence-electron chi connectivity index (χ1n) is 17.4. The van der Waals surface area contributed by atoms with Gasteiger partial charge in [0.15, 0.2) is 6.20 Å². The van der Waals surface area contributed by atoms with E-state index in [1.807, 2.05) is 41.3 Å². The zero-order valence-corrected chi connectivity index (χ0v) is 31.0. The quantitative estimate of drug-likeness (QED) is 0.0701. The number of ether oxygens (including phenoxy) is 1. The molecule has 0 saturated carbocycles. The van der Waals surface area contributed by atoms with E-state index < -0.39 is 0 Å². The summed E-state index contributed by atoms with van der Waals surface area (Å²) in [6, 6.07) is 22.3. The Hall–Kier alpha value is -2.41. The number of carbonyl (C=O) groups excluding carboxylic acids is 1. The molecule has 0 aliphatic carbocycles. The van der Waals surface area contributed by atoms with E-state index in [2.05, 4.69) is 75.7 Å². The van der Waals surface area contributed by atoms with Crippen LogP contribution in [0, 0.1) is 0 Å². The van der Waals surface area contributed by atoms with Gasteiger partial charge in [0.25, 0.3) is 5.91 Å². The Bertz CT molecular complexity index is 1240. The van der Waals surface area contributed by atoms with Crippen molar-refractivity contribution >= 4 is 5.91 Å². The predicted molar refractivity (Wildman–Crippen MR) is 184 cm³/mol. The highest BCUT2D eigenvalue weighted by Gasteiger charge is 2.25. The summed E-state index contributed by atoms with van der Waals surface area (Å²) in [5.41, 5.74) is 4.02. The van der Waals surface area contributed by atoms with Gasteiger partial charge in [-0.3, -0.25) is 4.79 Å². The molecule has 0 spiro atoms. The van der Waals surface area contributed by atoms with Crippen molar-refractivity contribution in [2.75, 3.05) is 6.61 Å². The number of benzene rings is 2. The Labute approximate surface area is 292 Å². The zero-order valence-electron chi connectivity index (χ0n) is 28.8. The van der Waals surface area contributed by atoms with E-state index in [1.54, 1.807) is 0 Å². The Kier molecular flexibility index (Phi) is 18.4. The fourth-order valence-corrected chi connectivity index (χ4v) is 5.92. The van der Waals surface area contributed by atoms with Gasteiger partial charge in [0, 0.05) is 23.3 Å². The summed E-state index contributed by atoms with van der Waals surface area (Å²) in [6.07, 6.45) is 18.0. The van der Waals surface area contributed by atoms with Crippen molar-refractivity contribution < 1.29 is 38.1 Å². The first-order chi connectivity index (χ1) is 21.3. The maximum absolute atomic E-state index is 13.9. The molecule has 0 fully saturated rings. The smallest absolute Gasteiger partial charge is 0.254 e. The van der Waals surface area contributed by atoms with E-state index in [9.17, 15) is 4.79 Å². The van der Waals surface area contributed by atoms with E-state index in [4.69, 9.17) is 4.74 Å². The summed E-state index contributed by atoms with van der Waals surface area (Å²) < 4.78 is 8.84. The molecule has 1 heterocycles. The van der Waals surface area contributed by atoms with Crippen LogP contribution < -0.4 is 33.3 Å². The standard InChI is InChI=1S/C40H59N2O2.HI/c1-6-8-9-10-11-12-13-14-15-16-17-23-31-44-38-35(27-24-29-37(38)40(3,4)5)32-42(39(43)34-25-19-18-20-26-34)33-36-28-21-22-30-41(36)7-2;/h18-22,24-30H,6-17,23,31-33H2,1-5H3;1H/q+1;/p-1. The number of unbranched alkanes of at least 4 members (excludes halogenated alkanes) is 11. The molecule has 3 rings (SSSR count). The van der Waals surface area contributed by atoms with Gasteiger partial charge in [-0.2, -0.15) is 0 Å². The Morgan fingerprint density at radius 2 is 1.31 bits per heavy atom. The van der Waals surface area contributed by atoms with Gasteiger partial charge in [-0.15, -0.1) is 0 Å². The van der Waals surface area contributed by atoms with E-state index in [1.165, 1.54) is 76.2 Å². The second-order valence-electron chi connectivity index (χ2n) is 13.3. The summed E-state index contributed by atoms with van der Waals surface area (Å²) in [5.74, 6) is 0.982. The van der Waals surface area contributed by atoms with Crippen LogP contribution in [0.25, 0.3) is 0 Å². The number of amides is 1. The molecule has 0 saturated heterocycles. The summed E-state index contributed by atoms with van der Waals surface area (Å²) in [4.78, 5) is 15.9. The Morgan fingerprint density at radius 3 is 1.91 bits per heavy atom. The SMILES string of the molecule is CCCCCCCCCCCCCCOc1c(CN(Cc2cccc[n+]2CC)C(=O)c2ccccc2)cccc1C(C)(C)C.[I-]. The number of nitrogens with zero attached hydrogens (tertiary/aromatic N) is 2. The number of para-hydroxylation sites is 1. The summed E-state index contributed by atoms with van der Waals surface area (Å²) in [5, 5.41) is 0. The molecule has 4 nitrogen and oxygen atoms in total. The number of pyridine rings is 1. The summed E-state index contributed by atoms with van der Waals surface area (Å²) in [7, 11) is 0. The fraction of sp³-hybridized carbons (Fsp3) is 0.550. The number of rotatable bonds is 20. The van der Waals surface area contributed by atoms with Crippen molar-refractivity contribution in [1.82, 2.24) is 4.90 Å². The molecular formula is C40H59IN2O2. The van der Waals surface area contributed by atoms with Gasteiger partial charge >= 0.3 is 0 Å². The molecule has 1 aromatic heterocycles. The number of carbonyl (C=O) groups is 1. The third-order valence-corrected chi connectivity index (χ3v) is 8.55. The molecule has 248 valence electrons.